The van der Waals surface area contributed by atoms with E-state index in [0.29, 0.717) is 5.69 Å². The van der Waals surface area contributed by atoms with Crippen molar-refractivity contribution in [2.75, 3.05) is 16.8 Å². The summed E-state index contributed by atoms with van der Waals surface area (Å²) in [4.78, 5) is 26.5. The molecule has 158 valence electrons. The van der Waals surface area contributed by atoms with Crippen molar-refractivity contribution in [1.29, 1.82) is 0 Å². The molecule has 0 fully saturated rings. The van der Waals surface area contributed by atoms with E-state index in [9.17, 15) is 22.8 Å². The standard InChI is InChI=1S/C22H21F3N2O2S/c1-13(30-17-8-6-14-4-2-3-5-15(14)10-17)21(29)27-12-20(28)26-18-11-16(22(23,24)25)7-9-19(18)27/h2-5,7,9,11,13,17H,6,8,10,12H2,1H3,(H,26,28). The highest BCUT2D eigenvalue weighted by Gasteiger charge is 2.35. The third-order valence-electron chi connectivity index (χ3n) is 5.50. The first-order valence-electron chi connectivity index (χ1n) is 9.77. The van der Waals surface area contributed by atoms with Gasteiger partial charge in [0.05, 0.1) is 22.2 Å². The van der Waals surface area contributed by atoms with Crippen LogP contribution in [0, 0.1) is 0 Å². The van der Waals surface area contributed by atoms with Crippen molar-refractivity contribution in [1.82, 2.24) is 0 Å². The minimum atomic E-state index is -4.52. The zero-order valence-corrected chi connectivity index (χ0v) is 17.1. The van der Waals surface area contributed by atoms with Crippen molar-refractivity contribution in [3.63, 3.8) is 0 Å². The van der Waals surface area contributed by atoms with Crippen LogP contribution in [0.25, 0.3) is 0 Å². The van der Waals surface area contributed by atoms with Crippen molar-refractivity contribution in [3.05, 3.63) is 59.2 Å². The number of fused-ring (bicyclic) bond motifs is 2. The van der Waals surface area contributed by atoms with Gasteiger partial charge in [-0.3, -0.25) is 14.5 Å². The van der Waals surface area contributed by atoms with Gasteiger partial charge in [-0.05, 0) is 55.5 Å². The minimum Gasteiger partial charge on any atom is -0.323 e. The lowest BCUT2D eigenvalue weighted by Gasteiger charge is -2.33. The molecule has 1 aliphatic carbocycles. The summed E-state index contributed by atoms with van der Waals surface area (Å²) in [5.41, 5.74) is 2.09. The Balaban J connectivity index is 1.50. The second-order valence-electron chi connectivity index (χ2n) is 7.61. The predicted octanol–water partition coefficient (Wildman–Crippen LogP) is 4.67. The highest BCUT2D eigenvalue weighted by molar-refractivity contribution is 8.01. The zero-order valence-electron chi connectivity index (χ0n) is 16.3. The van der Waals surface area contributed by atoms with E-state index in [1.165, 1.54) is 22.1 Å². The van der Waals surface area contributed by atoms with E-state index in [1.54, 1.807) is 18.7 Å². The first-order valence-corrected chi connectivity index (χ1v) is 10.7. The number of aryl methyl sites for hydroxylation is 1. The molecule has 30 heavy (non-hydrogen) atoms. The zero-order chi connectivity index (χ0) is 21.5. The largest absolute Gasteiger partial charge is 0.416 e. The van der Waals surface area contributed by atoms with Gasteiger partial charge >= 0.3 is 6.18 Å². The van der Waals surface area contributed by atoms with E-state index in [2.05, 4.69) is 17.4 Å². The maximum atomic E-state index is 13.1. The summed E-state index contributed by atoms with van der Waals surface area (Å²) in [6.07, 6.45) is -1.72. The van der Waals surface area contributed by atoms with Crippen molar-refractivity contribution in [3.8, 4) is 0 Å². The SMILES string of the molecule is CC(SC1CCc2ccccc2C1)C(=O)N1CC(=O)Nc2cc(C(F)(F)F)ccc21. The molecule has 0 spiro atoms. The van der Waals surface area contributed by atoms with E-state index >= 15 is 0 Å². The number of thioether (sulfide) groups is 1. The Bertz CT molecular complexity index is 993. The highest BCUT2D eigenvalue weighted by atomic mass is 32.2. The number of alkyl halides is 3. The molecule has 0 radical (unpaired) electrons. The van der Waals surface area contributed by atoms with Crippen LogP contribution in [0.2, 0.25) is 0 Å². The predicted molar refractivity (Wildman–Crippen MR) is 112 cm³/mol. The van der Waals surface area contributed by atoms with Crippen molar-refractivity contribution in [2.24, 2.45) is 0 Å². The molecule has 0 saturated carbocycles. The number of hydrogen-bond acceptors (Lipinski definition) is 3. The van der Waals surface area contributed by atoms with Gasteiger partial charge in [0.25, 0.3) is 0 Å². The van der Waals surface area contributed by atoms with Crippen LogP contribution in [-0.4, -0.2) is 28.9 Å². The van der Waals surface area contributed by atoms with E-state index in [4.69, 9.17) is 0 Å². The number of rotatable bonds is 3. The van der Waals surface area contributed by atoms with Gasteiger partial charge in [-0.15, -0.1) is 11.8 Å². The van der Waals surface area contributed by atoms with E-state index in [1.807, 2.05) is 12.1 Å². The van der Waals surface area contributed by atoms with Crippen LogP contribution in [0.15, 0.2) is 42.5 Å². The van der Waals surface area contributed by atoms with Gasteiger partial charge in [-0.25, -0.2) is 0 Å². The molecule has 1 N–H and O–H groups in total. The smallest absolute Gasteiger partial charge is 0.323 e. The van der Waals surface area contributed by atoms with Gasteiger partial charge in [0.1, 0.15) is 6.54 Å². The second kappa shape index (κ2) is 7.98. The lowest BCUT2D eigenvalue weighted by Crippen LogP contribution is -2.45. The van der Waals surface area contributed by atoms with Crippen LogP contribution in [0.5, 0.6) is 0 Å². The number of halogens is 3. The summed E-state index contributed by atoms with van der Waals surface area (Å²) < 4.78 is 39.0. The van der Waals surface area contributed by atoms with Crippen LogP contribution in [0.4, 0.5) is 24.5 Å². The van der Waals surface area contributed by atoms with Gasteiger partial charge in [0.2, 0.25) is 11.8 Å². The van der Waals surface area contributed by atoms with Gasteiger partial charge < -0.3 is 5.32 Å². The van der Waals surface area contributed by atoms with Gasteiger partial charge in [-0.2, -0.15) is 13.2 Å². The maximum Gasteiger partial charge on any atom is 0.416 e. The molecule has 2 aromatic carbocycles. The molecule has 4 nitrogen and oxygen atoms in total. The lowest BCUT2D eigenvalue weighted by molar-refractivity contribution is -0.137. The summed E-state index contributed by atoms with van der Waals surface area (Å²) >= 11 is 1.57. The molecule has 2 atom stereocenters. The van der Waals surface area contributed by atoms with Crippen molar-refractivity contribution in [2.45, 2.75) is 42.9 Å². The van der Waals surface area contributed by atoms with Crippen molar-refractivity contribution < 1.29 is 22.8 Å². The van der Waals surface area contributed by atoms with E-state index in [0.717, 1.165) is 31.4 Å². The molecule has 4 rings (SSSR count). The third-order valence-corrected chi connectivity index (χ3v) is 6.90. The number of benzene rings is 2. The molecule has 1 aliphatic heterocycles. The summed E-state index contributed by atoms with van der Waals surface area (Å²) in [5.74, 6) is -0.770. The van der Waals surface area contributed by atoms with Crippen LogP contribution >= 0.6 is 11.8 Å². The first kappa shape index (κ1) is 20.8. The lowest BCUT2D eigenvalue weighted by atomic mass is 9.92. The van der Waals surface area contributed by atoms with E-state index in [-0.39, 0.29) is 23.4 Å². The molecule has 2 aromatic rings. The number of carbonyl (C=O) groups excluding carboxylic acids is 2. The maximum absolute atomic E-state index is 13.1. The summed E-state index contributed by atoms with van der Waals surface area (Å²) in [5, 5.41) is 2.32. The Kier molecular flexibility index (Phi) is 5.53. The molecule has 8 heteroatoms. The van der Waals surface area contributed by atoms with Gasteiger partial charge in [0.15, 0.2) is 0 Å². The number of anilines is 2. The Morgan fingerprint density at radius 1 is 1.20 bits per heavy atom. The van der Waals surface area contributed by atoms with Gasteiger partial charge in [-0.1, -0.05) is 24.3 Å². The Morgan fingerprint density at radius 2 is 1.93 bits per heavy atom. The van der Waals surface area contributed by atoms with Crippen LogP contribution in [0.1, 0.15) is 30.0 Å². The van der Waals surface area contributed by atoms with Gasteiger partial charge in [0, 0.05) is 5.25 Å². The van der Waals surface area contributed by atoms with Crippen molar-refractivity contribution >= 4 is 35.0 Å². The molecule has 0 saturated heterocycles. The molecule has 0 aromatic heterocycles. The summed E-state index contributed by atoms with van der Waals surface area (Å²) in [6, 6.07) is 11.3. The molecule has 0 bridgehead atoms. The minimum absolute atomic E-state index is 0.0122. The molecular weight excluding hydrogens is 413 g/mol. The fourth-order valence-electron chi connectivity index (χ4n) is 4.01. The monoisotopic (exact) mass is 434 g/mol. The average molecular weight is 434 g/mol. The number of carbonyl (C=O) groups is 2. The highest BCUT2D eigenvalue weighted by Crippen LogP contribution is 2.38. The number of nitrogens with one attached hydrogen (secondary N) is 1. The molecule has 2 amide bonds. The second-order valence-corrected chi connectivity index (χ2v) is 9.26. The number of nitrogens with zero attached hydrogens (tertiary/aromatic N) is 1. The Hall–Kier alpha value is -2.48. The van der Waals surface area contributed by atoms with Crippen LogP contribution < -0.4 is 10.2 Å². The summed E-state index contributed by atoms with van der Waals surface area (Å²) in [7, 11) is 0. The fraction of sp³-hybridized carbons (Fsp3) is 0.364. The quantitative estimate of drug-likeness (QED) is 0.764. The summed E-state index contributed by atoms with van der Waals surface area (Å²) in [6.45, 7) is 1.60. The molecule has 2 aliphatic rings. The van der Waals surface area contributed by atoms with E-state index < -0.39 is 22.9 Å². The number of hydrogen-bond donors (Lipinski definition) is 1. The average Bonchev–Trinajstić information content (AvgIpc) is 2.71. The Morgan fingerprint density at radius 3 is 2.67 bits per heavy atom. The topological polar surface area (TPSA) is 49.4 Å². The Labute approximate surface area is 176 Å². The third kappa shape index (κ3) is 4.19. The van der Waals surface area contributed by atoms with Crippen LogP contribution in [-0.2, 0) is 28.6 Å². The molecular formula is C22H21F3N2O2S. The first-order chi connectivity index (χ1) is 14.2. The normalized spacial score (nSPS) is 19.5. The molecule has 1 heterocycles. The fourth-order valence-corrected chi connectivity index (χ4v) is 5.36. The number of amides is 2. The molecule has 2 unspecified atom stereocenters. The van der Waals surface area contributed by atoms with Crippen LogP contribution in [0.3, 0.4) is 0 Å².